The van der Waals surface area contributed by atoms with E-state index in [4.69, 9.17) is 5.73 Å². The van der Waals surface area contributed by atoms with Gasteiger partial charge in [0.15, 0.2) is 0 Å². The van der Waals surface area contributed by atoms with Crippen LogP contribution in [-0.2, 0) is 4.79 Å². The summed E-state index contributed by atoms with van der Waals surface area (Å²) in [7, 11) is 0. The molecule has 0 aliphatic carbocycles. The Labute approximate surface area is 116 Å². The molecule has 0 heterocycles. The van der Waals surface area contributed by atoms with Crippen molar-refractivity contribution in [3.8, 4) is 0 Å². The van der Waals surface area contributed by atoms with Crippen molar-refractivity contribution in [3.05, 3.63) is 29.8 Å². The van der Waals surface area contributed by atoms with E-state index >= 15 is 0 Å². The molecule has 3 N–H and O–H groups in total. The Balaban J connectivity index is 0.00000289. The van der Waals surface area contributed by atoms with Crippen molar-refractivity contribution < 1.29 is 4.79 Å². The van der Waals surface area contributed by atoms with Gasteiger partial charge in [0.25, 0.3) is 0 Å². The summed E-state index contributed by atoms with van der Waals surface area (Å²) in [6, 6.07) is 7.68. The van der Waals surface area contributed by atoms with E-state index in [0.717, 1.165) is 11.3 Å². The van der Waals surface area contributed by atoms with Crippen molar-refractivity contribution in [2.45, 2.75) is 40.2 Å². The molecule has 18 heavy (non-hydrogen) atoms. The normalized spacial score (nSPS) is 12.5. The van der Waals surface area contributed by atoms with Crippen molar-refractivity contribution in [2.24, 2.45) is 11.1 Å². The van der Waals surface area contributed by atoms with Crippen LogP contribution in [0.4, 0.5) is 5.69 Å². The van der Waals surface area contributed by atoms with Crippen LogP contribution in [0.25, 0.3) is 0 Å². The highest BCUT2D eigenvalue weighted by Gasteiger charge is 2.15. The molecule has 0 radical (unpaired) electrons. The lowest BCUT2D eigenvalue weighted by Crippen LogP contribution is -2.19. The molecule has 1 aromatic rings. The standard InChI is InChI=1S/C14H22N2O.ClH/c1-10(15)11-5-7-12(8-6-11)16-13(17)9-14(2,3)4;/h5-8,10H,9,15H2,1-4H3,(H,16,17);1H. The topological polar surface area (TPSA) is 55.1 Å². The van der Waals surface area contributed by atoms with Gasteiger partial charge in [0.1, 0.15) is 0 Å². The summed E-state index contributed by atoms with van der Waals surface area (Å²) < 4.78 is 0. The van der Waals surface area contributed by atoms with Crippen LogP contribution >= 0.6 is 12.4 Å². The highest BCUT2D eigenvalue weighted by atomic mass is 35.5. The van der Waals surface area contributed by atoms with Crippen molar-refractivity contribution in [3.63, 3.8) is 0 Å². The third-order valence-corrected chi connectivity index (χ3v) is 2.41. The van der Waals surface area contributed by atoms with E-state index in [1.54, 1.807) is 0 Å². The van der Waals surface area contributed by atoms with Gasteiger partial charge in [0, 0.05) is 18.2 Å². The number of hydrogen-bond donors (Lipinski definition) is 2. The smallest absolute Gasteiger partial charge is 0.224 e. The minimum Gasteiger partial charge on any atom is -0.326 e. The molecule has 4 heteroatoms. The molecule has 102 valence electrons. The maximum absolute atomic E-state index is 11.7. The summed E-state index contributed by atoms with van der Waals surface area (Å²) in [5.74, 6) is 0.0473. The maximum Gasteiger partial charge on any atom is 0.224 e. The van der Waals surface area contributed by atoms with Crippen LogP contribution in [0.3, 0.4) is 0 Å². The fourth-order valence-electron chi connectivity index (χ4n) is 1.56. The predicted octanol–water partition coefficient (Wildman–Crippen LogP) is 3.50. The number of hydrogen-bond acceptors (Lipinski definition) is 2. The lowest BCUT2D eigenvalue weighted by Gasteiger charge is -2.17. The quantitative estimate of drug-likeness (QED) is 0.883. The first-order chi connectivity index (χ1) is 7.78. The minimum absolute atomic E-state index is 0. The molecule has 0 spiro atoms. The Hall–Kier alpha value is -1.06. The molecule has 0 aliphatic rings. The molecule has 1 aromatic carbocycles. The Morgan fingerprint density at radius 3 is 2.17 bits per heavy atom. The van der Waals surface area contributed by atoms with Crippen LogP contribution in [0.1, 0.15) is 45.7 Å². The molecule has 1 amide bonds. The molecule has 3 nitrogen and oxygen atoms in total. The average molecular weight is 271 g/mol. The first-order valence-electron chi connectivity index (χ1n) is 5.93. The Morgan fingerprint density at radius 1 is 1.28 bits per heavy atom. The summed E-state index contributed by atoms with van der Waals surface area (Å²) in [4.78, 5) is 11.7. The Bertz CT molecular complexity index is 380. The number of halogens is 1. The number of benzene rings is 1. The lowest BCUT2D eigenvalue weighted by atomic mass is 9.92. The fourth-order valence-corrected chi connectivity index (χ4v) is 1.56. The number of carbonyl (C=O) groups is 1. The zero-order valence-corrected chi connectivity index (χ0v) is 12.3. The number of anilines is 1. The summed E-state index contributed by atoms with van der Waals surface area (Å²) in [6.45, 7) is 8.08. The van der Waals surface area contributed by atoms with Crippen molar-refractivity contribution in [2.75, 3.05) is 5.32 Å². The average Bonchev–Trinajstić information content (AvgIpc) is 2.15. The third-order valence-electron chi connectivity index (χ3n) is 2.41. The van der Waals surface area contributed by atoms with Crippen LogP contribution in [0, 0.1) is 5.41 Å². The molecule has 1 unspecified atom stereocenters. The van der Waals surface area contributed by atoms with E-state index in [9.17, 15) is 4.79 Å². The van der Waals surface area contributed by atoms with Crippen molar-refractivity contribution in [1.29, 1.82) is 0 Å². The number of nitrogens with two attached hydrogens (primary N) is 1. The van der Waals surface area contributed by atoms with E-state index in [1.807, 2.05) is 52.0 Å². The van der Waals surface area contributed by atoms with Gasteiger partial charge in [-0.1, -0.05) is 32.9 Å². The first-order valence-corrected chi connectivity index (χ1v) is 5.93. The lowest BCUT2D eigenvalue weighted by molar-refractivity contribution is -0.117. The van der Waals surface area contributed by atoms with E-state index in [2.05, 4.69) is 5.32 Å². The molecular formula is C14H23ClN2O. The number of nitrogens with one attached hydrogen (secondary N) is 1. The van der Waals surface area contributed by atoms with Crippen LogP contribution in [0.5, 0.6) is 0 Å². The third kappa shape index (κ3) is 6.03. The molecule has 0 saturated carbocycles. The summed E-state index contributed by atoms with van der Waals surface area (Å²) >= 11 is 0. The van der Waals surface area contributed by atoms with Gasteiger partial charge in [-0.3, -0.25) is 4.79 Å². The maximum atomic E-state index is 11.7. The predicted molar refractivity (Wildman–Crippen MR) is 79.0 cm³/mol. The van der Waals surface area contributed by atoms with E-state index in [-0.39, 0.29) is 29.8 Å². The Morgan fingerprint density at radius 2 is 1.78 bits per heavy atom. The zero-order chi connectivity index (χ0) is 13.1. The van der Waals surface area contributed by atoms with Gasteiger partial charge in [-0.2, -0.15) is 0 Å². The fraction of sp³-hybridized carbons (Fsp3) is 0.500. The second kappa shape index (κ2) is 6.76. The monoisotopic (exact) mass is 270 g/mol. The van der Waals surface area contributed by atoms with Crippen LogP contribution in [0.15, 0.2) is 24.3 Å². The number of rotatable bonds is 3. The van der Waals surface area contributed by atoms with Gasteiger partial charge in [-0.25, -0.2) is 0 Å². The minimum atomic E-state index is 0. The van der Waals surface area contributed by atoms with E-state index < -0.39 is 0 Å². The molecular weight excluding hydrogens is 248 g/mol. The molecule has 1 rings (SSSR count). The largest absolute Gasteiger partial charge is 0.326 e. The van der Waals surface area contributed by atoms with Crippen LogP contribution in [-0.4, -0.2) is 5.91 Å². The molecule has 1 atom stereocenters. The summed E-state index contributed by atoms with van der Waals surface area (Å²) in [5.41, 5.74) is 7.66. The van der Waals surface area contributed by atoms with Crippen molar-refractivity contribution in [1.82, 2.24) is 0 Å². The first kappa shape index (κ1) is 16.9. The Kier molecular flexibility index (Phi) is 6.36. The highest BCUT2D eigenvalue weighted by molar-refractivity contribution is 5.91. The van der Waals surface area contributed by atoms with E-state index in [0.29, 0.717) is 6.42 Å². The number of carbonyl (C=O) groups excluding carboxylic acids is 1. The van der Waals surface area contributed by atoms with Gasteiger partial charge in [0.2, 0.25) is 5.91 Å². The molecule has 0 fully saturated rings. The molecule has 0 saturated heterocycles. The van der Waals surface area contributed by atoms with E-state index in [1.165, 1.54) is 0 Å². The van der Waals surface area contributed by atoms with Crippen molar-refractivity contribution >= 4 is 24.0 Å². The molecule has 0 aromatic heterocycles. The van der Waals surface area contributed by atoms with Gasteiger partial charge >= 0.3 is 0 Å². The summed E-state index contributed by atoms with van der Waals surface area (Å²) in [6.07, 6.45) is 0.516. The van der Waals surface area contributed by atoms with Gasteiger partial charge in [0.05, 0.1) is 0 Å². The van der Waals surface area contributed by atoms with Gasteiger partial charge in [-0.05, 0) is 30.0 Å². The van der Waals surface area contributed by atoms with Gasteiger partial charge in [-0.15, -0.1) is 12.4 Å². The van der Waals surface area contributed by atoms with Crippen LogP contribution in [0.2, 0.25) is 0 Å². The SMILES string of the molecule is CC(N)c1ccc(NC(=O)CC(C)(C)C)cc1.Cl. The number of amides is 1. The molecule has 0 aliphatic heterocycles. The highest BCUT2D eigenvalue weighted by Crippen LogP contribution is 2.20. The summed E-state index contributed by atoms with van der Waals surface area (Å²) in [5, 5.41) is 2.88. The van der Waals surface area contributed by atoms with Crippen LogP contribution < -0.4 is 11.1 Å². The molecule has 0 bridgehead atoms. The van der Waals surface area contributed by atoms with Gasteiger partial charge < -0.3 is 11.1 Å². The second-order valence-electron chi connectivity index (χ2n) is 5.70. The second-order valence-corrected chi connectivity index (χ2v) is 5.70. The zero-order valence-electron chi connectivity index (χ0n) is 11.5.